The van der Waals surface area contributed by atoms with E-state index < -0.39 is 5.97 Å². The second-order valence-electron chi connectivity index (χ2n) is 9.03. The smallest absolute Gasteiger partial charge is 0.343 e. The van der Waals surface area contributed by atoms with Gasteiger partial charge in [-0.3, -0.25) is 0 Å². The zero-order valence-electron chi connectivity index (χ0n) is 18.6. The van der Waals surface area contributed by atoms with Gasteiger partial charge < -0.3 is 9.84 Å². The van der Waals surface area contributed by atoms with Crippen LogP contribution >= 0.6 is 0 Å². The van der Waals surface area contributed by atoms with Crippen LogP contribution in [-0.4, -0.2) is 11.1 Å². The van der Waals surface area contributed by atoms with Gasteiger partial charge in [0.25, 0.3) is 0 Å². The predicted octanol–water partition coefficient (Wildman–Crippen LogP) is 6.60. The van der Waals surface area contributed by atoms with Crippen LogP contribution in [0.3, 0.4) is 0 Å². The van der Waals surface area contributed by atoms with Crippen LogP contribution in [0.25, 0.3) is 0 Å². The fourth-order valence-corrected chi connectivity index (χ4v) is 3.20. The molecule has 0 saturated heterocycles. The standard InChI is InChI=1S/C25H34O3/c1-9-24(5,6)19-11-12-21(20(15-19)25(7,8)10-2)28-23(27)18-13-16(3)22(26)17(4)14-18/h11-15,26H,9-10H2,1-8H3. The van der Waals surface area contributed by atoms with Crippen molar-refractivity contribution in [2.75, 3.05) is 0 Å². The van der Waals surface area contributed by atoms with Gasteiger partial charge in [-0.25, -0.2) is 4.79 Å². The number of aryl methyl sites for hydroxylation is 2. The number of rotatable bonds is 6. The minimum atomic E-state index is -0.401. The summed E-state index contributed by atoms with van der Waals surface area (Å²) in [5, 5.41) is 9.96. The Morgan fingerprint density at radius 3 is 1.96 bits per heavy atom. The van der Waals surface area contributed by atoms with Gasteiger partial charge in [-0.1, -0.05) is 53.7 Å². The Hall–Kier alpha value is -2.29. The molecule has 0 unspecified atom stereocenters. The molecule has 2 aromatic carbocycles. The number of esters is 1. The third-order valence-electron chi connectivity index (χ3n) is 6.19. The highest BCUT2D eigenvalue weighted by Crippen LogP contribution is 2.38. The molecule has 1 N–H and O–H groups in total. The van der Waals surface area contributed by atoms with Crippen LogP contribution in [0.5, 0.6) is 11.5 Å². The number of hydrogen-bond acceptors (Lipinski definition) is 3. The van der Waals surface area contributed by atoms with Crippen molar-refractivity contribution in [1.82, 2.24) is 0 Å². The number of carbonyl (C=O) groups is 1. The van der Waals surface area contributed by atoms with E-state index in [0.29, 0.717) is 22.4 Å². The minimum Gasteiger partial charge on any atom is -0.507 e. The summed E-state index contributed by atoms with van der Waals surface area (Å²) in [5.41, 5.74) is 4.04. The molecular formula is C25H34O3. The van der Waals surface area contributed by atoms with E-state index in [1.165, 1.54) is 5.56 Å². The first-order chi connectivity index (χ1) is 12.9. The molecule has 0 bridgehead atoms. The summed E-state index contributed by atoms with van der Waals surface area (Å²) in [6.07, 6.45) is 1.97. The summed E-state index contributed by atoms with van der Waals surface area (Å²) in [6, 6.07) is 9.53. The van der Waals surface area contributed by atoms with Gasteiger partial charge in [0.1, 0.15) is 11.5 Å². The number of carbonyl (C=O) groups excluding carboxylic acids is 1. The molecule has 0 spiro atoms. The van der Waals surface area contributed by atoms with Gasteiger partial charge in [0.05, 0.1) is 5.56 Å². The van der Waals surface area contributed by atoms with Crippen LogP contribution < -0.4 is 4.74 Å². The maximum Gasteiger partial charge on any atom is 0.343 e. The molecule has 3 heteroatoms. The number of aromatic hydroxyl groups is 1. The van der Waals surface area contributed by atoms with E-state index in [1.54, 1.807) is 26.0 Å². The van der Waals surface area contributed by atoms with Crippen LogP contribution in [0.15, 0.2) is 30.3 Å². The molecule has 3 nitrogen and oxygen atoms in total. The summed E-state index contributed by atoms with van der Waals surface area (Å²) in [4.78, 5) is 12.8. The third-order valence-corrected chi connectivity index (χ3v) is 6.19. The fourth-order valence-electron chi connectivity index (χ4n) is 3.20. The van der Waals surface area contributed by atoms with E-state index in [9.17, 15) is 9.90 Å². The SMILES string of the molecule is CCC(C)(C)c1ccc(OC(=O)c2cc(C)c(O)c(C)c2)c(C(C)(C)CC)c1. The molecule has 0 aliphatic rings. The summed E-state index contributed by atoms with van der Waals surface area (Å²) >= 11 is 0. The maximum atomic E-state index is 12.8. The van der Waals surface area contributed by atoms with Crippen molar-refractivity contribution in [3.63, 3.8) is 0 Å². The molecule has 0 aliphatic heterocycles. The largest absolute Gasteiger partial charge is 0.507 e. The summed E-state index contributed by atoms with van der Waals surface area (Å²) < 4.78 is 5.85. The van der Waals surface area contributed by atoms with Gasteiger partial charge >= 0.3 is 5.97 Å². The van der Waals surface area contributed by atoms with Crippen molar-refractivity contribution < 1.29 is 14.6 Å². The lowest BCUT2D eigenvalue weighted by Gasteiger charge is -2.30. The summed E-state index contributed by atoms with van der Waals surface area (Å²) in [6.45, 7) is 16.7. The molecule has 0 saturated carbocycles. The average Bonchev–Trinajstić information content (AvgIpc) is 2.65. The van der Waals surface area contributed by atoms with E-state index in [1.807, 2.05) is 6.07 Å². The minimum absolute atomic E-state index is 0.0618. The van der Waals surface area contributed by atoms with E-state index in [2.05, 4.69) is 53.7 Å². The highest BCUT2D eigenvalue weighted by molar-refractivity contribution is 5.92. The molecule has 0 aromatic heterocycles. The number of ether oxygens (including phenoxy) is 1. The van der Waals surface area contributed by atoms with Gasteiger partial charge in [0.15, 0.2) is 0 Å². The Bertz CT molecular complexity index is 852. The summed E-state index contributed by atoms with van der Waals surface area (Å²) in [5.74, 6) is 0.424. The molecule has 2 aromatic rings. The highest BCUT2D eigenvalue weighted by atomic mass is 16.5. The predicted molar refractivity (Wildman–Crippen MR) is 116 cm³/mol. The molecule has 0 heterocycles. The monoisotopic (exact) mass is 382 g/mol. The fraction of sp³-hybridized carbons (Fsp3) is 0.480. The van der Waals surface area contributed by atoms with Crippen molar-refractivity contribution in [1.29, 1.82) is 0 Å². The van der Waals surface area contributed by atoms with Gasteiger partial charge in [-0.15, -0.1) is 0 Å². The van der Waals surface area contributed by atoms with Gasteiger partial charge in [-0.05, 0) is 72.4 Å². The molecule has 28 heavy (non-hydrogen) atoms. The Morgan fingerprint density at radius 1 is 0.929 bits per heavy atom. The lowest BCUT2D eigenvalue weighted by molar-refractivity contribution is 0.0731. The Kier molecular flexibility index (Phi) is 6.27. The second-order valence-corrected chi connectivity index (χ2v) is 9.03. The topological polar surface area (TPSA) is 46.5 Å². The molecule has 0 atom stereocenters. The lowest BCUT2D eigenvalue weighted by Crippen LogP contribution is -2.22. The van der Waals surface area contributed by atoms with Crippen molar-refractivity contribution >= 4 is 5.97 Å². The Balaban J connectivity index is 2.49. The van der Waals surface area contributed by atoms with Crippen molar-refractivity contribution in [2.24, 2.45) is 0 Å². The molecule has 152 valence electrons. The first kappa shape index (κ1) is 22.0. The Morgan fingerprint density at radius 2 is 1.46 bits per heavy atom. The lowest BCUT2D eigenvalue weighted by atomic mass is 9.76. The van der Waals surface area contributed by atoms with E-state index in [4.69, 9.17) is 4.74 Å². The van der Waals surface area contributed by atoms with E-state index in [0.717, 1.165) is 18.4 Å². The van der Waals surface area contributed by atoms with Crippen LogP contribution in [0, 0.1) is 13.8 Å². The normalized spacial score (nSPS) is 12.1. The third kappa shape index (κ3) is 4.40. The zero-order valence-corrected chi connectivity index (χ0v) is 18.6. The van der Waals surface area contributed by atoms with Crippen LogP contribution in [0.2, 0.25) is 0 Å². The van der Waals surface area contributed by atoms with Gasteiger partial charge in [-0.2, -0.15) is 0 Å². The first-order valence-electron chi connectivity index (χ1n) is 10.1. The van der Waals surface area contributed by atoms with Crippen molar-refractivity contribution in [3.8, 4) is 11.5 Å². The van der Waals surface area contributed by atoms with Crippen LogP contribution in [0.4, 0.5) is 0 Å². The Labute approximate surface area is 169 Å². The van der Waals surface area contributed by atoms with Crippen LogP contribution in [-0.2, 0) is 10.8 Å². The van der Waals surface area contributed by atoms with Gasteiger partial charge in [0, 0.05) is 5.56 Å². The number of phenolic OH excluding ortho intramolecular Hbond substituents is 1. The van der Waals surface area contributed by atoms with Crippen molar-refractivity contribution in [2.45, 2.75) is 79.1 Å². The second kappa shape index (κ2) is 7.98. The molecular weight excluding hydrogens is 348 g/mol. The molecule has 2 rings (SSSR count). The molecule has 0 aliphatic carbocycles. The van der Waals surface area contributed by atoms with Crippen LogP contribution in [0.1, 0.15) is 87.0 Å². The molecule has 0 fully saturated rings. The van der Waals surface area contributed by atoms with Gasteiger partial charge in [0.2, 0.25) is 0 Å². The van der Waals surface area contributed by atoms with E-state index >= 15 is 0 Å². The molecule has 0 amide bonds. The average molecular weight is 383 g/mol. The van der Waals surface area contributed by atoms with Crippen molar-refractivity contribution in [3.05, 3.63) is 58.1 Å². The quantitative estimate of drug-likeness (QED) is 0.452. The number of benzene rings is 2. The van der Waals surface area contributed by atoms with E-state index in [-0.39, 0.29) is 16.6 Å². The number of hydrogen-bond donors (Lipinski definition) is 1. The number of phenols is 1. The summed E-state index contributed by atoms with van der Waals surface area (Å²) in [7, 11) is 0. The maximum absolute atomic E-state index is 12.8. The molecule has 0 radical (unpaired) electrons. The zero-order chi connectivity index (χ0) is 21.3. The first-order valence-corrected chi connectivity index (χ1v) is 10.1. The highest BCUT2D eigenvalue weighted by Gasteiger charge is 2.27.